The van der Waals surface area contributed by atoms with Crippen molar-refractivity contribution in [3.8, 4) is 0 Å². The van der Waals surface area contributed by atoms with Gasteiger partial charge in [-0.2, -0.15) is 0 Å². The van der Waals surface area contributed by atoms with Crippen molar-refractivity contribution in [3.63, 3.8) is 0 Å². The molecule has 2 atom stereocenters. The molecule has 0 radical (unpaired) electrons. The van der Waals surface area contributed by atoms with Gasteiger partial charge in [0.2, 0.25) is 5.82 Å². The number of nitro groups is 1. The summed E-state index contributed by atoms with van der Waals surface area (Å²) in [5, 5.41) is 13.9. The molecule has 0 fully saturated rings. The van der Waals surface area contributed by atoms with Gasteiger partial charge in [-0.05, 0) is 6.42 Å². The van der Waals surface area contributed by atoms with Gasteiger partial charge in [0.05, 0.1) is 9.95 Å². The molecule has 1 aromatic rings. The molecule has 0 amide bonds. The third-order valence-electron chi connectivity index (χ3n) is 2.44. The zero-order chi connectivity index (χ0) is 13.7. The van der Waals surface area contributed by atoms with Gasteiger partial charge in [0.25, 0.3) is 0 Å². The summed E-state index contributed by atoms with van der Waals surface area (Å²) in [6.45, 7) is 2.33. The van der Waals surface area contributed by atoms with E-state index >= 15 is 0 Å². The molecule has 0 aliphatic heterocycles. The van der Waals surface area contributed by atoms with E-state index in [2.05, 4.69) is 10.3 Å². The number of pyridine rings is 1. The van der Waals surface area contributed by atoms with Crippen molar-refractivity contribution in [3.05, 3.63) is 27.4 Å². The fourth-order valence-electron chi connectivity index (χ4n) is 1.26. The van der Waals surface area contributed by atoms with Crippen LogP contribution in [-0.2, 0) is 10.8 Å². The maximum atomic E-state index is 11.1. The number of hydrogen-bond acceptors (Lipinski definition) is 5. The van der Waals surface area contributed by atoms with Crippen LogP contribution >= 0.6 is 11.6 Å². The molecule has 0 aliphatic carbocycles. The highest BCUT2D eigenvalue weighted by molar-refractivity contribution is 7.84. The Hall–Kier alpha value is -1.21. The summed E-state index contributed by atoms with van der Waals surface area (Å²) in [7, 11) is -0.901. The van der Waals surface area contributed by atoms with Crippen molar-refractivity contribution in [2.24, 2.45) is 0 Å². The molecule has 0 bridgehead atoms. The third kappa shape index (κ3) is 4.23. The highest BCUT2D eigenvalue weighted by Crippen LogP contribution is 2.24. The first-order chi connectivity index (χ1) is 8.41. The average Bonchev–Trinajstić information content (AvgIpc) is 2.30. The molecule has 6 nitrogen and oxygen atoms in total. The lowest BCUT2D eigenvalue weighted by molar-refractivity contribution is -0.384. The number of rotatable bonds is 6. The molecule has 18 heavy (non-hydrogen) atoms. The van der Waals surface area contributed by atoms with Gasteiger partial charge in [-0.15, -0.1) is 0 Å². The van der Waals surface area contributed by atoms with Crippen LogP contribution in [0.5, 0.6) is 0 Å². The van der Waals surface area contributed by atoms with E-state index in [9.17, 15) is 14.3 Å². The van der Waals surface area contributed by atoms with E-state index < -0.39 is 15.7 Å². The Morgan fingerprint density at radius 1 is 1.67 bits per heavy atom. The van der Waals surface area contributed by atoms with Crippen molar-refractivity contribution in [2.75, 3.05) is 18.1 Å². The van der Waals surface area contributed by atoms with Gasteiger partial charge in [0.1, 0.15) is 0 Å². The minimum Gasteiger partial charge on any atom is -0.364 e. The molecule has 100 valence electrons. The van der Waals surface area contributed by atoms with E-state index in [0.717, 1.165) is 0 Å². The van der Waals surface area contributed by atoms with Crippen LogP contribution < -0.4 is 5.32 Å². The Kier molecular flexibility index (Phi) is 5.49. The Bertz CT molecular complexity index is 470. The second-order valence-corrected chi connectivity index (χ2v) is 6.04. The van der Waals surface area contributed by atoms with E-state index in [-0.39, 0.29) is 21.8 Å². The fraction of sp³-hybridized carbons (Fsp3) is 0.500. The summed E-state index contributed by atoms with van der Waals surface area (Å²) in [6.07, 6.45) is 3.62. The number of halogens is 1. The van der Waals surface area contributed by atoms with Gasteiger partial charge < -0.3 is 5.32 Å². The number of nitrogens with one attached hydrogen (secondary N) is 1. The summed E-state index contributed by atoms with van der Waals surface area (Å²) >= 11 is 5.65. The van der Waals surface area contributed by atoms with Crippen molar-refractivity contribution >= 4 is 33.9 Å². The standard InChI is InChI=1S/C10H14ClN3O3S/c1-7(18(2)17)3-4-12-10-9(14(15)16)5-8(11)6-13-10/h5-7H,3-4H2,1-2H3,(H,12,13). The van der Waals surface area contributed by atoms with E-state index in [4.69, 9.17) is 11.6 Å². The van der Waals surface area contributed by atoms with Gasteiger partial charge >= 0.3 is 5.69 Å². The first-order valence-electron chi connectivity index (χ1n) is 5.28. The minimum atomic E-state index is -0.901. The number of aromatic nitrogens is 1. The highest BCUT2D eigenvalue weighted by atomic mass is 35.5. The summed E-state index contributed by atoms with van der Waals surface area (Å²) in [4.78, 5) is 14.1. The van der Waals surface area contributed by atoms with Gasteiger partial charge in [0, 0.05) is 41.1 Å². The average molecular weight is 292 g/mol. The third-order valence-corrected chi connectivity index (χ3v) is 4.02. The summed E-state index contributed by atoms with van der Waals surface area (Å²) in [6, 6.07) is 1.25. The predicted octanol–water partition coefficient (Wildman–Crippen LogP) is 2.21. The van der Waals surface area contributed by atoms with E-state index in [0.29, 0.717) is 13.0 Å². The molecule has 1 heterocycles. The minimum absolute atomic E-state index is 0.0313. The lowest BCUT2D eigenvalue weighted by atomic mass is 10.3. The molecule has 1 N–H and O–H groups in total. The highest BCUT2D eigenvalue weighted by Gasteiger charge is 2.16. The summed E-state index contributed by atoms with van der Waals surface area (Å²) < 4.78 is 11.1. The number of anilines is 1. The van der Waals surface area contributed by atoms with E-state index in [1.807, 2.05) is 6.92 Å². The molecule has 0 saturated heterocycles. The monoisotopic (exact) mass is 291 g/mol. The zero-order valence-electron chi connectivity index (χ0n) is 10.1. The van der Waals surface area contributed by atoms with E-state index in [1.54, 1.807) is 6.26 Å². The van der Waals surface area contributed by atoms with Crippen LogP contribution in [0, 0.1) is 10.1 Å². The smallest absolute Gasteiger partial charge is 0.312 e. The molecule has 1 rings (SSSR count). The summed E-state index contributed by atoms with van der Waals surface area (Å²) in [5.41, 5.74) is -0.159. The fourth-order valence-corrected chi connectivity index (χ4v) is 1.87. The van der Waals surface area contributed by atoms with Crippen LogP contribution in [0.2, 0.25) is 5.02 Å². The molecular formula is C10H14ClN3O3S. The quantitative estimate of drug-likeness (QED) is 0.641. The normalized spacial score (nSPS) is 13.9. The largest absolute Gasteiger partial charge is 0.364 e. The molecule has 0 aromatic carbocycles. The maximum Gasteiger partial charge on any atom is 0.312 e. The van der Waals surface area contributed by atoms with E-state index in [1.165, 1.54) is 12.3 Å². The Balaban J connectivity index is 2.67. The van der Waals surface area contributed by atoms with Gasteiger partial charge in [-0.25, -0.2) is 4.98 Å². The van der Waals surface area contributed by atoms with Crippen LogP contribution in [0.15, 0.2) is 12.3 Å². The van der Waals surface area contributed by atoms with Crippen molar-refractivity contribution in [1.82, 2.24) is 4.98 Å². The number of nitrogens with zero attached hydrogens (tertiary/aromatic N) is 2. The Labute approximate surface area is 112 Å². The van der Waals surface area contributed by atoms with Crippen LogP contribution in [0.3, 0.4) is 0 Å². The first kappa shape index (κ1) is 14.8. The lowest BCUT2D eigenvalue weighted by Gasteiger charge is -2.09. The van der Waals surface area contributed by atoms with Crippen LogP contribution in [0.25, 0.3) is 0 Å². The Morgan fingerprint density at radius 2 is 2.33 bits per heavy atom. The van der Waals surface area contributed by atoms with Gasteiger partial charge in [-0.3, -0.25) is 14.3 Å². The van der Waals surface area contributed by atoms with Gasteiger partial charge in [-0.1, -0.05) is 18.5 Å². The second kappa shape index (κ2) is 6.65. The second-order valence-electron chi connectivity index (χ2n) is 3.80. The molecule has 2 unspecified atom stereocenters. The zero-order valence-corrected chi connectivity index (χ0v) is 11.6. The Morgan fingerprint density at radius 3 is 2.89 bits per heavy atom. The molecule has 0 spiro atoms. The first-order valence-corrected chi connectivity index (χ1v) is 7.27. The van der Waals surface area contributed by atoms with Gasteiger partial charge in [0.15, 0.2) is 0 Å². The van der Waals surface area contributed by atoms with Crippen LogP contribution in [-0.4, -0.2) is 32.2 Å². The molecule has 0 saturated carbocycles. The van der Waals surface area contributed by atoms with Crippen molar-refractivity contribution in [1.29, 1.82) is 0 Å². The topological polar surface area (TPSA) is 85.1 Å². The molecule has 1 aromatic heterocycles. The molecule has 8 heteroatoms. The van der Waals surface area contributed by atoms with Crippen molar-refractivity contribution in [2.45, 2.75) is 18.6 Å². The lowest BCUT2D eigenvalue weighted by Crippen LogP contribution is -2.15. The SMILES string of the molecule is CC(CCNc1ncc(Cl)cc1[N+](=O)[O-])S(C)=O. The molecule has 0 aliphatic rings. The maximum absolute atomic E-state index is 11.1. The number of hydrogen-bond donors (Lipinski definition) is 1. The predicted molar refractivity (Wildman–Crippen MR) is 72.5 cm³/mol. The van der Waals surface area contributed by atoms with Crippen molar-refractivity contribution < 1.29 is 9.13 Å². The molecular weight excluding hydrogens is 278 g/mol. The van der Waals surface area contributed by atoms with Crippen LogP contribution in [0.1, 0.15) is 13.3 Å². The summed E-state index contributed by atoms with van der Waals surface area (Å²) in [5.74, 6) is 0.179. The van der Waals surface area contributed by atoms with Crippen LogP contribution in [0.4, 0.5) is 11.5 Å².